The molecule has 2 rings (SSSR count). The van der Waals surface area contributed by atoms with Crippen molar-refractivity contribution in [2.45, 2.75) is 47.2 Å². The first-order valence-corrected chi connectivity index (χ1v) is 7.73. The standard InChI is InChI=1S/C15H20Cl2N4/c1-6-21-11(5)13(10(4)20-21)9(3)18-14-8(2)7-12(16)19-15(14)17/h7,9,18H,6H2,1-5H3. The van der Waals surface area contributed by atoms with E-state index in [4.69, 9.17) is 23.2 Å². The molecule has 6 heteroatoms. The van der Waals surface area contributed by atoms with E-state index in [0.29, 0.717) is 10.3 Å². The minimum atomic E-state index is 0.0875. The van der Waals surface area contributed by atoms with Gasteiger partial charge in [-0.15, -0.1) is 0 Å². The van der Waals surface area contributed by atoms with Gasteiger partial charge in [-0.3, -0.25) is 4.68 Å². The summed E-state index contributed by atoms with van der Waals surface area (Å²) in [5, 5.41) is 8.79. The zero-order chi connectivity index (χ0) is 15.7. The lowest BCUT2D eigenvalue weighted by atomic mass is 10.1. The van der Waals surface area contributed by atoms with Crippen LogP contribution in [0.25, 0.3) is 0 Å². The van der Waals surface area contributed by atoms with Crippen LogP contribution in [-0.2, 0) is 6.54 Å². The average Bonchev–Trinajstić information content (AvgIpc) is 2.68. The van der Waals surface area contributed by atoms with Crippen LogP contribution in [0.4, 0.5) is 5.69 Å². The van der Waals surface area contributed by atoms with Gasteiger partial charge in [-0.25, -0.2) is 4.98 Å². The summed E-state index contributed by atoms with van der Waals surface area (Å²) in [5.74, 6) is 0. The molecular formula is C15H20Cl2N4. The van der Waals surface area contributed by atoms with Crippen molar-refractivity contribution in [3.8, 4) is 0 Å². The lowest BCUT2D eigenvalue weighted by molar-refractivity contribution is 0.632. The van der Waals surface area contributed by atoms with E-state index in [9.17, 15) is 0 Å². The van der Waals surface area contributed by atoms with E-state index in [2.05, 4.69) is 36.2 Å². The summed E-state index contributed by atoms with van der Waals surface area (Å²) in [6.45, 7) is 11.1. The second-order valence-corrected chi connectivity index (χ2v) is 5.94. The number of hydrogen-bond donors (Lipinski definition) is 1. The van der Waals surface area contributed by atoms with E-state index in [1.807, 2.05) is 18.5 Å². The number of halogens is 2. The second kappa shape index (κ2) is 6.24. The fourth-order valence-corrected chi connectivity index (χ4v) is 3.29. The quantitative estimate of drug-likeness (QED) is 0.828. The highest BCUT2D eigenvalue weighted by atomic mass is 35.5. The molecule has 21 heavy (non-hydrogen) atoms. The Morgan fingerprint density at radius 3 is 2.48 bits per heavy atom. The SMILES string of the molecule is CCn1nc(C)c(C(C)Nc2c(C)cc(Cl)nc2Cl)c1C. The van der Waals surface area contributed by atoms with Crippen LogP contribution in [0, 0.1) is 20.8 Å². The molecule has 0 aromatic carbocycles. The van der Waals surface area contributed by atoms with Crippen LogP contribution < -0.4 is 5.32 Å². The van der Waals surface area contributed by atoms with Crippen molar-refractivity contribution in [2.24, 2.45) is 0 Å². The molecule has 114 valence electrons. The maximum atomic E-state index is 6.20. The number of pyridine rings is 1. The molecule has 0 bridgehead atoms. The average molecular weight is 327 g/mol. The number of rotatable bonds is 4. The maximum Gasteiger partial charge on any atom is 0.154 e. The van der Waals surface area contributed by atoms with Crippen molar-refractivity contribution in [2.75, 3.05) is 5.32 Å². The van der Waals surface area contributed by atoms with Crippen molar-refractivity contribution in [1.82, 2.24) is 14.8 Å². The number of nitrogens with one attached hydrogen (secondary N) is 1. The Labute approximate surface area is 135 Å². The van der Waals surface area contributed by atoms with Crippen molar-refractivity contribution in [3.05, 3.63) is 38.9 Å². The number of aromatic nitrogens is 3. The lowest BCUT2D eigenvalue weighted by Crippen LogP contribution is -2.11. The molecule has 0 aliphatic carbocycles. The van der Waals surface area contributed by atoms with Crippen LogP contribution in [-0.4, -0.2) is 14.8 Å². The van der Waals surface area contributed by atoms with Gasteiger partial charge in [0, 0.05) is 17.8 Å². The van der Waals surface area contributed by atoms with Gasteiger partial charge in [-0.1, -0.05) is 23.2 Å². The van der Waals surface area contributed by atoms with Gasteiger partial charge < -0.3 is 5.32 Å². The molecule has 1 unspecified atom stereocenters. The number of aryl methyl sites for hydroxylation is 3. The first-order valence-electron chi connectivity index (χ1n) is 6.98. The molecule has 2 heterocycles. The minimum Gasteiger partial charge on any atom is -0.376 e. The van der Waals surface area contributed by atoms with E-state index in [1.54, 1.807) is 6.07 Å². The summed E-state index contributed by atoms with van der Waals surface area (Å²) >= 11 is 12.1. The molecule has 2 aromatic rings. The van der Waals surface area contributed by atoms with Crippen LogP contribution in [0.15, 0.2) is 6.07 Å². The Bertz CT molecular complexity index is 641. The van der Waals surface area contributed by atoms with Gasteiger partial charge in [-0.2, -0.15) is 5.10 Å². The largest absolute Gasteiger partial charge is 0.376 e. The first-order chi connectivity index (χ1) is 9.85. The minimum absolute atomic E-state index is 0.0875. The van der Waals surface area contributed by atoms with Gasteiger partial charge >= 0.3 is 0 Å². The zero-order valence-corrected chi connectivity index (χ0v) is 14.5. The number of nitrogens with zero attached hydrogens (tertiary/aromatic N) is 3. The highest BCUT2D eigenvalue weighted by Crippen LogP contribution is 2.31. The molecule has 0 aliphatic heterocycles. The predicted octanol–water partition coefficient (Wildman–Crippen LogP) is 4.70. The van der Waals surface area contributed by atoms with E-state index in [0.717, 1.165) is 23.5 Å². The Morgan fingerprint density at radius 2 is 1.95 bits per heavy atom. The van der Waals surface area contributed by atoms with Crippen molar-refractivity contribution < 1.29 is 0 Å². The van der Waals surface area contributed by atoms with Gasteiger partial charge in [0.1, 0.15) is 5.15 Å². The van der Waals surface area contributed by atoms with Crippen molar-refractivity contribution in [3.63, 3.8) is 0 Å². The zero-order valence-electron chi connectivity index (χ0n) is 13.0. The monoisotopic (exact) mass is 326 g/mol. The van der Waals surface area contributed by atoms with Gasteiger partial charge in [0.15, 0.2) is 5.15 Å². The maximum absolute atomic E-state index is 6.20. The predicted molar refractivity (Wildman–Crippen MR) is 88.4 cm³/mol. The van der Waals surface area contributed by atoms with Crippen LogP contribution in [0.2, 0.25) is 10.3 Å². The summed E-state index contributed by atoms with van der Waals surface area (Å²) in [6.07, 6.45) is 0. The Kier molecular flexibility index (Phi) is 4.79. The first kappa shape index (κ1) is 16.1. The molecule has 0 aliphatic rings. The van der Waals surface area contributed by atoms with Crippen LogP contribution in [0.5, 0.6) is 0 Å². The molecular weight excluding hydrogens is 307 g/mol. The summed E-state index contributed by atoms with van der Waals surface area (Å²) in [4.78, 5) is 4.09. The van der Waals surface area contributed by atoms with Crippen molar-refractivity contribution in [1.29, 1.82) is 0 Å². The fourth-order valence-electron chi connectivity index (χ4n) is 2.70. The summed E-state index contributed by atoms with van der Waals surface area (Å²) in [6, 6.07) is 1.89. The third kappa shape index (κ3) is 3.16. The number of hydrogen-bond acceptors (Lipinski definition) is 3. The molecule has 0 amide bonds. The van der Waals surface area contributed by atoms with Crippen LogP contribution >= 0.6 is 23.2 Å². The topological polar surface area (TPSA) is 42.7 Å². The second-order valence-electron chi connectivity index (χ2n) is 5.19. The van der Waals surface area contributed by atoms with Gasteiger partial charge in [0.05, 0.1) is 17.4 Å². The van der Waals surface area contributed by atoms with E-state index in [1.165, 1.54) is 11.3 Å². The van der Waals surface area contributed by atoms with Crippen LogP contribution in [0.3, 0.4) is 0 Å². The van der Waals surface area contributed by atoms with E-state index >= 15 is 0 Å². The third-order valence-electron chi connectivity index (χ3n) is 3.67. The van der Waals surface area contributed by atoms with Crippen molar-refractivity contribution >= 4 is 28.9 Å². The number of anilines is 1. The molecule has 0 radical (unpaired) electrons. The van der Waals surface area contributed by atoms with Gasteiger partial charge in [-0.05, 0) is 46.2 Å². The molecule has 1 atom stereocenters. The van der Waals surface area contributed by atoms with Gasteiger partial charge in [0.25, 0.3) is 0 Å². The summed E-state index contributed by atoms with van der Waals surface area (Å²) < 4.78 is 2.01. The molecule has 0 saturated carbocycles. The highest BCUT2D eigenvalue weighted by molar-refractivity contribution is 6.34. The van der Waals surface area contributed by atoms with E-state index in [-0.39, 0.29) is 6.04 Å². The smallest absolute Gasteiger partial charge is 0.154 e. The Hall–Kier alpha value is -1.26. The highest BCUT2D eigenvalue weighted by Gasteiger charge is 2.19. The molecule has 2 aromatic heterocycles. The van der Waals surface area contributed by atoms with E-state index < -0.39 is 0 Å². The summed E-state index contributed by atoms with van der Waals surface area (Å²) in [5.41, 5.74) is 5.19. The molecule has 4 nitrogen and oxygen atoms in total. The Balaban J connectivity index is 2.35. The molecule has 0 saturated heterocycles. The molecule has 0 fully saturated rings. The normalized spacial score (nSPS) is 12.5. The molecule has 1 N–H and O–H groups in total. The lowest BCUT2D eigenvalue weighted by Gasteiger charge is -2.19. The fraction of sp³-hybridized carbons (Fsp3) is 0.467. The Morgan fingerprint density at radius 1 is 1.29 bits per heavy atom. The summed E-state index contributed by atoms with van der Waals surface area (Å²) in [7, 11) is 0. The molecule has 0 spiro atoms. The third-order valence-corrected chi connectivity index (χ3v) is 4.14. The van der Waals surface area contributed by atoms with Gasteiger partial charge in [0.2, 0.25) is 0 Å². The van der Waals surface area contributed by atoms with Crippen LogP contribution in [0.1, 0.15) is 42.4 Å².